The molecule has 3 aromatic rings. The lowest BCUT2D eigenvalue weighted by Crippen LogP contribution is -2.53. The second-order valence-electron chi connectivity index (χ2n) is 10.2. The molecule has 0 heterocycles. The van der Waals surface area contributed by atoms with Crippen molar-refractivity contribution in [2.45, 2.75) is 64.1 Å². The van der Waals surface area contributed by atoms with Gasteiger partial charge in [0.05, 0.1) is 24.8 Å². The normalized spacial score (nSPS) is 12.6. The number of rotatable bonds is 14. The number of nitrogens with zero attached hydrogens (tertiary/aromatic N) is 2. The first-order chi connectivity index (χ1) is 20.5. The minimum Gasteiger partial charge on any atom is -0.493 e. The number of aryl methyl sites for hydroxylation is 1. The van der Waals surface area contributed by atoms with Gasteiger partial charge in [-0.3, -0.25) is 13.9 Å². The highest BCUT2D eigenvalue weighted by Gasteiger charge is 2.34. The predicted molar refractivity (Wildman–Crippen MR) is 169 cm³/mol. The molecule has 2 atom stereocenters. The maximum Gasteiger partial charge on any atom is 0.264 e. The van der Waals surface area contributed by atoms with E-state index in [0.29, 0.717) is 17.2 Å². The molecule has 0 aromatic heterocycles. The average Bonchev–Trinajstić information content (AvgIpc) is 3.00. The Bertz CT molecular complexity index is 1510. The number of ether oxygens (including phenoxy) is 2. The van der Waals surface area contributed by atoms with E-state index in [2.05, 4.69) is 5.32 Å². The van der Waals surface area contributed by atoms with Crippen molar-refractivity contribution in [2.75, 3.05) is 25.1 Å². The van der Waals surface area contributed by atoms with Crippen LogP contribution >= 0.6 is 11.6 Å². The van der Waals surface area contributed by atoms with Crippen LogP contribution < -0.4 is 19.1 Å². The number of amides is 2. The largest absolute Gasteiger partial charge is 0.493 e. The van der Waals surface area contributed by atoms with Gasteiger partial charge in [-0.2, -0.15) is 0 Å². The summed E-state index contributed by atoms with van der Waals surface area (Å²) in [5.41, 5.74) is 2.04. The quantitative estimate of drug-likeness (QED) is 0.250. The third kappa shape index (κ3) is 8.20. The van der Waals surface area contributed by atoms with Crippen molar-refractivity contribution in [3.63, 3.8) is 0 Å². The summed E-state index contributed by atoms with van der Waals surface area (Å²) in [6.07, 6.45) is 1.06. The van der Waals surface area contributed by atoms with E-state index in [0.717, 1.165) is 21.9 Å². The van der Waals surface area contributed by atoms with Crippen LogP contribution in [0.2, 0.25) is 5.02 Å². The van der Waals surface area contributed by atoms with Crippen molar-refractivity contribution in [2.24, 2.45) is 0 Å². The first kappa shape index (κ1) is 33.7. The molecule has 0 aliphatic rings. The molecule has 0 aliphatic heterocycles. The van der Waals surface area contributed by atoms with Crippen LogP contribution in [-0.4, -0.2) is 58.0 Å². The summed E-state index contributed by atoms with van der Waals surface area (Å²) < 4.78 is 40.0. The molecule has 232 valence electrons. The molecule has 0 aliphatic carbocycles. The molecule has 3 rings (SSSR count). The van der Waals surface area contributed by atoms with Crippen LogP contribution in [0.25, 0.3) is 0 Å². The summed E-state index contributed by atoms with van der Waals surface area (Å²) in [5.74, 6) is -0.244. The first-order valence-corrected chi connectivity index (χ1v) is 15.9. The minimum atomic E-state index is -4.30. The summed E-state index contributed by atoms with van der Waals surface area (Å²) in [6.45, 7) is 7.19. The van der Waals surface area contributed by atoms with E-state index in [1.54, 1.807) is 12.1 Å². The smallest absolute Gasteiger partial charge is 0.264 e. The fourth-order valence-corrected chi connectivity index (χ4v) is 6.13. The molecule has 43 heavy (non-hydrogen) atoms. The highest BCUT2D eigenvalue weighted by Crippen LogP contribution is 2.33. The lowest BCUT2D eigenvalue weighted by Gasteiger charge is -2.34. The molecule has 0 saturated heterocycles. The van der Waals surface area contributed by atoms with Crippen molar-refractivity contribution >= 4 is 39.1 Å². The molecule has 0 spiro atoms. The van der Waals surface area contributed by atoms with Gasteiger partial charge in [0.1, 0.15) is 12.6 Å². The van der Waals surface area contributed by atoms with Crippen LogP contribution in [0.15, 0.2) is 71.6 Å². The van der Waals surface area contributed by atoms with E-state index >= 15 is 0 Å². The van der Waals surface area contributed by atoms with E-state index < -0.39 is 28.5 Å². The number of sulfonamides is 1. The third-order valence-corrected chi connectivity index (χ3v) is 9.35. The van der Waals surface area contributed by atoms with Gasteiger partial charge >= 0.3 is 0 Å². The Balaban J connectivity index is 2.10. The van der Waals surface area contributed by atoms with Crippen LogP contribution in [0.4, 0.5) is 5.69 Å². The van der Waals surface area contributed by atoms with E-state index in [4.69, 9.17) is 21.1 Å². The van der Waals surface area contributed by atoms with Gasteiger partial charge in [0.25, 0.3) is 10.0 Å². The predicted octanol–water partition coefficient (Wildman–Crippen LogP) is 5.58. The maximum absolute atomic E-state index is 14.2. The Morgan fingerprint density at radius 1 is 0.930 bits per heavy atom. The monoisotopic (exact) mass is 629 g/mol. The number of hydrogen-bond acceptors (Lipinski definition) is 6. The van der Waals surface area contributed by atoms with E-state index in [1.165, 1.54) is 49.5 Å². The molecule has 9 nitrogen and oxygen atoms in total. The van der Waals surface area contributed by atoms with Crippen molar-refractivity contribution in [1.29, 1.82) is 0 Å². The fourth-order valence-electron chi connectivity index (χ4n) is 4.57. The minimum absolute atomic E-state index is 0.0899. The number of carbonyl (C=O) groups excluding carboxylic acids is 2. The first-order valence-electron chi connectivity index (χ1n) is 14.1. The van der Waals surface area contributed by atoms with Gasteiger partial charge < -0.3 is 19.7 Å². The Kier molecular flexibility index (Phi) is 11.9. The van der Waals surface area contributed by atoms with Gasteiger partial charge in [-0.1, -0.05) is 49.7 Å². The number of benzene rings is 3. The summed E-state index contributed by atoms with van der Waals surface area (Å²) in [6, 6.07) is 17.1. The van der Waals surface area contributed by atoms with E-state index in [9.17, 15) is 18.0 Å². The molecule has 0 radical (unpaired) electrons. The third-order valence-electron chi connectivity index (χ3n) is 7.33. The van der Waals surface area contributed by atoms with Crippen molar-refractivity contribution in [3.8, 4) is 11.5 Å². The van der Waals surface area contributed by atoms with E-state index in [-0.39, 0.29) is 34.8 Å². The Hall–Kier alpha value is -3.76. The molecule has 3 aromatic carbocycles. The number of methoxy groups -OCH3 is 2. The standard InChI is InChI=1S/C32H40ClN3O6S/c1-7-23(4)34-32(38)28(8-2)35(20-24-12-10-9-11-22(24)3)31(37)21-36(26-15-13-25(33)14-16-26)43(39,40)27-17-18-29(41-5)30(19-27)42-6/h9-19,23,28H,7-8,20-21H2,1-6H3,(H,34,38)/t23-,28-/m1/s1. The van der Waals surface area contributed by atoms with Crippen molar-refractivity contribution in [3.05, 3.63) is 82.9 Å². The SMILES string of the molecule is CC[C@@H](C)NC(=O)[C@@H](CC)N(Cc1ccccc1C)C(=O)CN(c1ccc(Cl)cc1)S(=O)(=O)c1ccc(OC)c(OC)c1. The molecule has 0 unspecified atom stereocenters. The highest BCUT2D eigenvalue weighted by molar-refractivity contribution is 7.92. The second kappa shape index (κ2) is 15.1. The summed E-state index contributed by atoms with van der Waals surface area (Å²) in [4.78, 5) is 29.0. The van der Waals surface area contributed by atoms with Crippen molar-refractivity contribution in [1.82, 2.24) is 10.2 Å². The van der Waals surface area contributed by atoms with Crippen LogP contribution in [-0.2, 0) is 26.2 Å². The zero-order chi connectivity index (χ0) is 31.7. The fraction of sp³-hybridized carbons (Fsp3) is 0.375. The number of carbonyl (C=O) groups is 2. The summed E-state index contributed by atoms with van der Waals surface area (Å²) in [7, 11) is -1.44. The van der Waals surface area contributed by atoms with Crippen LogP contribution in [0.3, 0.4) is 0 Å². The topological polar surface area (TPSA) is 105 Å². The maximum atomic E-state index is 14.2. The summed E-state index contributed by atoms with van der Waals surface area (Å²) >= 11 is 6.11. The average molecular weight is 630 g/mol. The Labute approximate surface area is 259 Å². The van der Waals surface area contributed by atoms with Crippen LogP contribution in [0.5, 0.6) is 11.5 Å². The van der Waals surface area contributed by atoms with Gasteiger partial charge in [-0.05, 0) is 74.2 Å². The van der Waals surface area contributed by atoms with Gasteiger partial charge in [-0.15, -0.1) is 0 Å². The zero-order valence-corrected chi connectivity index (χ0v) is 27.0. The zero-order valence-electron chi connectivity index (χ0n) is 25.5. The Morgan fingerprint density at radius 2 is 1.58 bits per heavy atom. The van der Waals surface area contributed by atoms with E-state index in [1.807, 2.05) is 52.0 Å². The van der Waals surface area contributed by atoms with Gasteiger partial charge in [0, 0.05) is 23.7 Å². The van der Waals surface area contributed by atoms with Gasteiger partial charge in [-0.25, -0.2) is 8.42 Å². The lowest BCUT2D eigenvalue weighted by atomic mass is 10.1. The molecule has 11 heteroatoms. The highest BCUT2D eigenvalue weighted by atomic mass is 35.5. The van der Waals surface area contributed by atoms with Crippen LogP contribution in [0.1, 0.15) is 44.7 Å². The molecule has 0 fully saturated rings. The number of nitrogens with one attached hydrogen (secondary N) is 1. The van der Waals surface area contributed by atoms with Gasteiger partial charge in [0.15, 0.2) is 11.5 Å². The Morgan fingerprint density at radius 3 is 2.16 bits per heavy atom. The van der Waals surface area contributed by atoms with Crippen LogP contribution in [0, 0.1) is 6.92 Å². The number of hydrogen-bond donors (Lipinski definition) is 1. The van der Waals surface area contributed by atoms with Crippen molar-refractivity contribution < 1.29 is 27.5 Å². The molecule has 2 amide bonds. The molecule has 1 N–H and O–H groups in total. The second-order valence-corrected chi connectivity index (χ2v) is 12.5. The van der Waals surface area contributed by atoms with Gasteiger partial charge in [0.2, 0.25) is 11.8 Å². The molecule has 0 bridgehead atoms. The number of halogens is 1. The molecule has 0 saturated carbocycles. The number of anilines is 1. The molecular formula is C32H40ClN3O6S. The lowest BCUT2D eigenvalue weighted by molar-refractivity contribution is -0.140. The summed E-state index contributed by atoms with van der Waals surface area (Å²) in [5, 5.41) is 3.39. The molecular weight excluding hydrogens is 590 g/mol.